The smallest absolute Gasteiger partial charge is 0.246 e. The molecule has 2 saturated heterocycles. The number of likely N-dealkylation sites (tertiary alicyclic amines) is 1. The van der Waals surface area contributed by atoms with E-state index in [1.54, 1.807) is 19.3 Å². The van der Waals surface area contributed by atoms with Crippen LogP contribution in [0.3, 0.4) is 0 Å². The quantitative estimate of drug-likeness (QED) is 0.835. The van der Waals surface area contributed by atoms with Crippen molar-refractivity contribution in [3.05, 3.63) is 24.5 Å². The fraction of sp³-hybridized carbons (Fsp3) is 0.611. The molecular weight excluding hydrogens is 304 g/mol. The molecule has 2 aliphatic heterocycles. The SMILES string of the molecule is CC(=O)N1CC(=O)N(c2cccnc2)C[C@@]12CCN(CC1CC1)C2. The second-order valence-corrected chi connectivity index (χ2v) is 7.45. The molecule has 1 atom stereocenters. The summed E-state index contributed by atoms with van der Waals surface area (Å²) in [6, 6.07) is 3.76. The lowest BCUT2D eigenvalue weighted by atomic mass is 9.92. The minimum absolute atomic E-state index is 0.00228. The van der Waals surface area contributed by atoms with Crippen molar-refractivity contribution in [2.75, 3.05) is 37.6 Å². The van der Waals surface area contributed by atoms with E-state index in [2.05, 4.69) is 9.88 Å². The van der Waals surface area contributed by atoms with Gasteiger partial charge in [0, 0.05) is 32.8 Å². The number of aromatic nitrogens is 1. The van der Waals surface area contributed by atoms with Crippen LogP contribution in [0, 0.1) is 5.92 Å². The standard InChI is InChI=1S/C18H24N4O2/c1-14(23)22-11-17(24)21(16-3-2-7-19-9-16)13-18(22)6-8-20(12-18)10-15-4-5-15/h2-3,7,9,15H,4-6,8,10-13H2,1H3/t18-/m0/s1. The lowest BCUT2D eigenvalue weighted by Gasteiger charge is -2.48. The molecule has 24 heavy (non-hydrogen) atoms. The monoisotopic (exact) mass is 328 g/mol. The van der Waals surface area contributed by atoms with Gasteiger partial charge in [-0.25, -0.2) is 0 Å². The second-order valence-electron chi connectivity index (χ2n) is 7.45. The van der Waals surface area contributed by atoms with Crippen molar-refractivity contribution in [3.8, 4) is 0 Å². The minimum atomic E-state index is -0.259. The van der Waals surface area contributed by atoms with Gasteiger partial charge >= 0.3 is 0 Å². The molecule has 1 aromatic heterocycles. The zero-order valence-electron chi connectivity index (χ0n) is 14.1. The molecule has 0 bridgehead atoms. The Labute approximate surface area is 142 Å². The maximum absolute atomic E-state index is 12.6. The number of nitrogens with zero attached hydrogens (tertiary/aromatic N) is 4. The van der Waals surface area contributed by atoms with Gasteiger partial charge in [-0.3, -0.25) is 14.6 Å². The third-order valence-corrected chi connectivity index (χ3v) is 5.58. The molecule has 0 aromatic carbocycles. The molecule has 128 valence electrons. The van der Waals surface area contributed by atoms with Crippen LogP contribution in [0.4, 0.5) is 5.69 Å². The van der Waals surface area contributed by atoms with Gasteiger partial charge in [0.15, 0.2) is 0 Å². The number of amides is 2. The molecule has 6 heteroatoms. The first-order valence-electron chi connectivity index (χ1n) is 8.78. The van der Waals surface area contributed by atoms with Crippen molar-refractivity contribution in [2.45, 2.75) is 31.7 Å². The fourth-order valence-corrected chi connectivity index (χ4v) is 4.16. The van der Waals surface area contributed by atoms with Gasteiger partial charge in [-0.15, -0.1) is 0 Å². The summed E-state index contributed by atoms with van der Waals surface area (Å²) in [7, 11) is 0. The minimum Gasteiger partial charge on any atom is -0.325 e. The lowest BCUT2D eigenvalue weighted by Crippen LogP contribution is -2.66. The van der Waals surface area contributed by atoms with E-state index >= 15 is 0 Å². The van der Waals surface area contributed by atoms with Crippen molar-refractivity contribution < 1.29 is 9.59 Å². The van der Waals surface area contributed by atoms with Gasteiger partial charge in [-0.1, -0.05) is 0 Å². The van der Waals surface area contributed by atoms with Crippen molar-refractivity contribution in [1.29, 1.82) is 0 Å². The summed E-state index contributed by atoms with van der Waals surface area (Å²) in [4.78, 5) is 35.1. The molecule has 1 aliphatic carbocycles. The summed E-state index contributed by atoms with van der Waals surface area (Å²) in [5, 5.41) is 0. The van der Waals surface area contributed by atoms with Gasteiger partial charge in [0.25, 0.3) is 0 Å². The number of piperazine rings is 1. The van der Waals surface area contributed by atoms with E-state index in [1.165, 1.54) is 12.8 Å². The van der Waals surface area contributed by atoms with Gasteiger partial charge in [0.2, 0.25) is 11.8 Å². The van der Waals surface area contributed by atoms with Gasteiger partial charge in [0.05, 0.1) is 24.0 Å². The lowest BCUT2D eigenvalue weighted by molar-refractivity contribution is -0.142. The molecule has 0 N–H and O–H groups in total. The Morgan fingerprint density at radius 2 is 2.21 bits per heavy atom. The van der Waals surface area contributed by atoms with Crippen LogP contribution in [0.5, 0.6) is 0 Å². The Balaban J connectivity index is 1.59. The van der Waals surface area contributed by atoms with Crippen LogP contribution in [0.25, 0.3) is 0 Å². The highest BCUT2D eigenvalue weighted by atomic mass is 16.2. The number of pyridine rings is 1. The average molecular weight is 328 g/mol. The Hall–Kier alpha value is -1.95. The molecule has 2 amide bonds. The number of anilines is 1. The molecule has 1 aromatic rings. The van der Waals surface area contributed by atoms with Crippen LogP contribution >= 0.6 is 0 Å². The highest BCUT2D eigenvalue weighted by Gasteiger charge is 2.50. The maximum atomic E-state index is 12.6. The summed E-state index contributed by atoms with van der Waals surface area (Å²) in [6.07, 6.45) is 7.04. The van der Waals surface area contributed by atoms with Gasteiger partial charge in [-0.2, -0.15) is 0 Å². The largest absolute Gasteiger partial charge is 0.325 e. The first kappa shape index (κ1) is 15.6. The molecule has 3 aliphatic rings. The summed E-state index contributed by atoms with van der Waals surface area (Å²) >= 11 is 0. The number of carbonyl (C=O) groups excluding carboxylic acids is 2. The zero-order chi connectivity index (χ0) is 16.7. The van der Waals surface area contributed by atoms with E-state index in [0.29, 0.717) is 6.54 Å². The van der Waals surface area contributed by atoms with Gasteiger partial charge in [-0.05, 0) is 37.3 Å². The Bertz CT molecular complexity index is 646. The Morgan fingerprint density at radius 3 is 2.88 bits per heavy atom. The molecule has 0 radical (unpaired) electrons. The van der Waals surface area contributed by atoms with Crippen LogP contribution in [-0.2, 0) is 9.59 Å². The van der Waals surface area contributed by atoms with Crippen molar-refractivity contribution in [3.63, 3.8) is 0 Å². The fourth-order valence-electron chi connectivity index (χ4n) is 4.16. The van der Waals surface area contributed by atoms with Crippen LogP contribution in [0.2, 0.25) is 0 Å². The third kappa shape index (κ3) is 2.79. The van der Waals surface area contributed by atoms with E-state index in [-0.39, 0.29) is 23.9 Å². The third-order valence-electron chi connectivity index (χ3n) is 5.58. The maximum Gasteiger partial charge on any atom is 0.246 e. The first-order valence-corrected chi connectivity index (χ1v) is 8.78. The second kappa shape index (κ2) is 5.84. The molecular formula is C18H24N4O2. The van der Waals surface area contributed by atoms with Crippen molar-refractivity contribution >= 4 is 17.5 Å². The van der Waals surface area contributed by atoms with Crippen LogP contribution in [0.15, 0.2) is 24.5 Å². The van der Waals surface area contributed by atoms with E-state index in [9.17, 15) is 9.59 Å². The normalized spacial score (nSPS) is 28.0. The molecule has 3 fully saturated rings. The van der Waals surface area contributed by atoms with E-state index in [4.69, 9.17) is 0 Å². The summed E-state index contributed by atoms with van der Waals surface area (Å²) in [6.45, 7) is 5.33. The summed E-state index contributed by atoms with van der Waals surface area (Å²) in [5.74, 6) is 0.817. The van der Waals surface area contributed by atoms with E-state index in [1.807, 2.05) is 21.9 Å². The van der Waals surface area contributed by atoms with E-state index < -0.39 is 0 Å². The molecule has 4 rings (SSSR count). The topological polar surface area (TPSA) is 56.8 Å². The number of hydrogen-bond donors (Lipinski definition) is 0. The molecule has 1 saturated carbocycles. The summed E-state index contributed by atoms with van der Waals surface area (Å²) in [5.41, 5.74) is 0.565. The average Bonchev–Trinajstić information content (AvgIpc) is 3.30. The highest BCUT2D eigenvalue weighted by Crippen LogP contribution is 2.37. The van der Waals surface area contributed by atoms with Gasteiger partial charge in [0.1, 0.15) is 6.54 Å². The molecule has 3 heterocycles. The van der Waals surface area contributed by atoms with Gasteiger partial charge < -0.3 is 14.7 Å². The predicted molar refractivity (Wildman–Crippen MR) is 90.5 cm³/mol. The Morgan fingerprint density at radius 1 is 1.38 bits per heavy atom. The molecule has 6 nitrogen and oxygen atoms in total. The summed E-state index contributed by atoms with van der Waals surface area (Å²) < 4.78 is 0. The van der Waals surface area contributed by atoms with Crippen LogP contribution in [0.1, 0.15) is 26.2 Å². The first-order chi connectivity index (χ1) is 11.6. The number of hydrogen-bond acceptors (Lipinski definition) is 4. The number of carbonyl (C=O) groups is 2. The van der Waals surface area contributed by atoms with E-state index in [0.717, 1.165) is 37.7 Å². The predicted octanol–water partition coefficient (Wildman–Crippen LogP) is 1.13. The zero-order valence-corrected chi connectivity index (χ0v) is 14.1. The Kier molecular flexibility index (Phi) is 3.79. The molecule has 0 unspecified atom stereocenters. The van der Waals surface area contributed by atoms with Crippen molar-refractivity contribution in [1.82, 2.24) is 14.8 Å². The van der Waals surface area contributed by atoms with Crippen LogP contribution < -0.4 is 4.90 Å². The highest BCUT2D eigenvalue weighted by molar-refractivity contribution is 5.98. The van der Waals surface area contributed by atoms with Crippen LogP contribution in [-0.4, -0.2) is 64.9 Å². The molecule has 1 spiro atoms. The van der Waals surface area contributed by atoms with Crippen molar-refractivity contribution in [2.24, 2.45) is 5.92 Å². The number of rotatable bonds is 3.